The third-order valence-corrected chi connectivity index (χ3v) is 7.19. The summed E-state index contributed by atoms with van der Waals surface area (Å²) in [7, 11) is 2.17. The van der Waals surface area contributed by atoms with E-state index < -0.39 is 0 Å². The van der Waals surface area contributed by atoms with E-state index in [0.29, 0.717) is 22.0 Å². The second-order valence-corrected chi connectivity index (χ2v) is 9.60. The van der Waals surface area contributed by atoms with Crippen LogP contribution in [0.15, 0.2) is 58.7 Å². The number of fused-ring (bicyclic) bond motifs is 1. The number of nitriles is 1. The highest BCUT2D eigenvalue weighted by molar-refractivity contribution is 8.13. The van der Waals surface area contributed by atoms with Gasteiger partial charge in [0.15, 0.2) is 0 Å². The molecule has 0 amide bonds. The number of piperazine rings is 1. The largest absolute Gasteiger partial charge is 0.304 e. The first-order valence-electron chi connectivity index (χ1n) is 13.1. The number of benzene rings is 2. The monoisotopic (exact) mass is 537 g/mol. The molecule has 1 fully saturated rings. The molecule has 2 aromatic carbocycles. The van der Waals surface area contributed by atoms with Crippen molar-refractivity contribution in [1.82, 2.24) is 9.80 Å². The predicted molar refractivity (Wildman–Crippen MR) is 163 cm³/mol. The van der Waals surface area contributed by atoms with E-state index in [1.165, 1.54) is 11.8 Å². The van der Waals surface area contributed by atoms with Crippen LogP contribution in [0.2, 0.25) is 5.02 Å². The number of rotatable bonds is 5. The molecule has 0 bridgehead atoms. The summed E-state index contributed by atoms with van der Waals surface area (Å²) < 4.78 is 0. The number of aryl methyl sites for hydroxylation is 1. The zero-order valence-electron chi connectivity index (χ0n) is 23.1. The van der Waals surface area contributed by atoms with Gasteiger partial charge in [-0.2, -0.15) is 5.26 Å². The molecule has 2 aliphatic rings. The molecule has 2 aromatic rings. The Hall–Kier alpha value is -2.43. The summed E-state index contributed by atoms with van der Waals surface area (Å²) in [5.41, 5.74) is 5.43. The van der Waals surface area contributed by atoms with Gasteiger partial charge in [-0.1, -0.05) is 64.1 Å². The molecule has 0 aromatic heterocycles. The average molecular weight is 538 g/mol. The number of hydrogen-bond acceptors (Lipinski definition) is 6. The zero-order chi connectivity index (χ0) is 27.4. The molecule has 2 heterocycles. The smallest absolute Gasteiger partial charge is 0.122 e. The van der Waals surface area contributed by atoms with Crippen molar-refractivity contribution < 1.29 is 0 Å². The van der Waals surface area contributed by atoms with Crippen LogP contribution in [0.3, 0.4) is 0 Å². The number of thioether (sulfide) groups is 1. The lowest BCUT2D eigenvalue weighted by atomic mass is 9.94. The van der Waals surface area contributed by atoms with Crippen molar-refractivity contribution in [2.75, 3.05) is 46.0 Å². The van der Waals surface area contributed by atoms with E-state index in [1.807, 2.05) is 64.3 Å². The normalized spacial score (nSPS) is 15.6. The van der Waals surface area contributed by atoms with Gasteiger partial charge in [0.1, 0.15) is 5.04 Å². The molecular formula is C30H40ClN5S. The van der Waals surface area contributed by atoms with E-state index >= 15 is 0 Å². The van der Waals surface area contributed by atoms with Crippen molar-refractivity contribution >= 4 is 39.8 Å². The number of nitrogens with zero attached hydrogens (tertiary/aromatic N) is 5. The van der Waals surface area contributed by atoms with Crippen LogP contribution in [0.4, 0.5) is 5.69 Å². The van der Waals surface area contributed by atoms with Crippen LogP contribution in [0.25, 0.3) is 0 Å². The minimum atomic E-state index is 0.601. The minimum absolute atomic E-state index is 0.601. The lowest BCUT2D eigenvalue weighted by Crippen LogP contribution is -2.44. The summed E-state index contributed by atoms with van der Waals surface area (Å²) in [5, 5.41) is 11.3. The van der Waals surface area contributed by atoms with Crippen LogP contribution in [-0.2, 0) is 6.42 Å². The molecule has 4 rings (SSSR count). The molecule has 2 aliphatic heterocycles. The van der Waals surface area contributed by atoms with Gasteiger partial charge in [0.25, 0.3) is 0 Å². The summed E-state index contributed by atoms with van der Waals surface area (Å²) in [6, 6.07) is 14.0. The van der Waals surface area contributed by atoms with Crippen molar-refractivity contribution in [2.24, 2.45) is 9.98 Å². The van der Waals surface area contributed by atoms with Crippen LogP contribution >= 0.6 is 23.4 Å². The molecule has 1 saturated heterocycles. The maximum absolute atomic E-state index is 9.94. The first-order valence-corrected chi connectivity index (χ1v) is 14.7. The number of aliphatic imine (C=N–C) groups is 2. The van der Waals surface area contributed by atoms with E-state index in [1.54, 1.807) is 0 Å². The third-order valence-electron chi connectivity index (χ3n) is 6.15. The Morgan fingerprint density at radius 1 is 1.03 bits per heavy atom. The van der Waals surface area contributed by atoms with Crippen molar-refractivity contribution in [3.05, 3.63) is 76.0 Å². The molecule has 37 heavy (non-hydrogen) atoms. The first-order chi connectivity index (χ1) is 18.0. The Morgan fingerprint density at radius 2 is 1.70 bits per heavy atom. The molecule has 0 atom stereocenters. The topological polar surface area (TPSA) is 55.0 Å². The van der Waals surface area contributed by atoms with Crippen LogP contribution < -0.4 is 0 Å². The van der Waals surface area contributed by atoms with Gasteiger partial charge in [-0.05, 0) is 56.5 Å². The van der Waals surface area contributed by atoms with Gasteiger partial charge in [0.2, 0.25) is 0 Å². The van der Waals surface area contributed by atoms with Gasteiger partial charge in [0.05, 0.1) is 28.7 Å². The fourth-order valence-corrected chi connectivity index (χ4v) is 4.92. The second-order valence-electron chi connectivity index (χ2n) is 8.39. The van der Waals surface area contributed by atoms with E-state index in [0.717, 1.165) is 73.0 Å². The zero-order valence-corrected chi connectivity index (χ0v) is 24.7. The molecule has 0 spiro atoms. The summed E-state index contributed by atoms with van der Waals surface area (Å²) in [6.07, 6.45) is 3.82. The highest BCUT2D eigenvalue weighted by atomic mass is 35.5. The van der Waals surface area contributed by atoms with Crippen LogP contribution in [0.5, 0.6) is 0 Å². The van der Waals surface area contributed by atoms with Crippen molar-refractivity contribution in [3.8, 4) is 6.07 Å². The minimum Gasteiger partial charge on any atom is -0.304 e. The molecule has 0 saturated carbocycles. The summed E-state index contributed by atoms with van der Waals surface area (Å²) in [4.78, 5) is 14.6. The van der Waals surface area contributed by atoms with Gasteiger partial charge in [-0.15, -0.1) is 11.8 Å². The number of likely N-dealkylation sites (N-methyl/N-ethyl adjacent to an activating group) is 1. The average Bonchev–Trinajstić information content (AvgIpc) is 3.07. The quantitative estimate of drug-likeness (QED) is 0.404. The second kappa shape index (κ2) is 15.7. The van der Waals surface area contributed by atoms with Crippen molar-refractivity contribution in [3.63, 3.8) is 0 Å². The molecule has 0 aliphatic carbocycles. The van der Waals surface area contributed by atoms with E-state index in [2.05, 4.69) is 35.6 Å². The van der Waals surface area contributed by atoms with E-state index in [9.17, 15) is 5.26 Å². The van der Waals surface area contributed by atoms with Gasteiger partial charge < -0.3 is 9.80 Å². The molecular weight excluding hydrogens is 498 g/mol. The SMILES string of the molecule is C=C1N=C(c2ccccc2Cl)c2cc(C#N)c(CCCN3CCN(C)CC3)cc2N=C1SC.CC.CC. The molecule has 7 heteroatoms. The number of hydrogen-bond donors (Lipinski definition) is 0. The van der Waals surface area contributed by atoms with Crippen molar-refractivity contribution in [2.45, 2.75) is 40.5 Å². The maximum atomic E-state index is 9.94. The molecule has 0 unspecified atom stereocenters. The van der Waals surface area contributed by atoms with Gasteiger partial charge >= 0.3 is 0 Å². The van der Waals surface area contributed by atoms with Crippen LogP contribution in [0, 0.1) is 11.3 Å². The molecule has 0 N–H and O–H groups in total. The number of halogens is 1. The lowest BCUT2D eigenvalue weighted by molar-refractivity contribution is 0.153. The van der Waals surface area contributed by atoms with Crippen molar-refractivity contribution in [1.29, 1.82) is 5.26 Å². The Labute approximate surface area is 232 Å². The van der Waals surface area contributed by atoms with E-state index in [4.69, 9.17) is 21.6 Å². The first kappa shape index (κ1) is 30.8. The maximum Gasteiger partial charge on any atom is 0.122 e. The Bertz CT molecular complexity index is 1160. The lowest BCUT2D eigenvalue weighted by Gasteiger charge is -2.32. The highest BCUT2D eigenvalue weighted by Crippen LogP contribution is 2.34. The molecule has 5 nitrogen and oxygen atoms in total. The van der Waals surface area contributed by atoms with Gasteiger partial charge in [-0.3, -0.25) is 0 Å². The fraction of sp³-hybridized carbons (Fsp3) is 0.433. The standard InChI is InChI=1S/C26H28ClN5S.2C2H6/c1-18-26(33-3)30-24-16-19(7-6-10-32-13-11-31(2)12-14-32)20(17-28)15-22(24)25(29-18)21-8-4-5-9-23(21)27;2*1-2/h4-5,8-9,15-16H,1,6-7,10-14H2,2-3H3;2*1-2H3. The Kier molecular flexibility index (Phi) is 13.1. The summed E-state index contributed by atoms with van der Waals surface area (Å²) in [6.45, 7) is 17.6. The predicted octanol–water partition coefficient (Wildman–Crippen LogP) is 7.20. The molecule has 0 radical (unpaired) electrons. The van der Waals surface area contributed by atoms with Crippen LogP contribution in [0.1, 0.15) is 56.4 Å². The molecule has 198 valence electrons. The van der Waals surface area contributed by atoms with Gasteiger partial charge in [-0.25, -0.2) is 9.98 Å². The Morgan fingerprint density at radius 3 is 2.32 bits per heavy atom. The fourth-order valence-electron chi connectivity index (χ4n) is 4.23. The summed E-state index contributed by atoms with van der Waals surface area (Å²) >= 11 is 8.05. The van der Waals surface area contributed by atoms with Crippen LogP contribution in [-0.4, -0.2) is 66.6 Å². The van der Waals surface area contributed by atoms with Gasteiger partial charge in [0, 0.05) is 42.3 Å². The Balaban J connectivity index is 0.00000115. The summed E-state index contributed by atoms with van der Waals surface area (Å²) in [5.74, 6) is 0. The van der Waals surface area contributed by atoms with E-state index in [-0.39, 0.29) is 0 Å². The highest BCUT2D eigenvalue weighted by Gasteiger charge is 2.22. The third kappa shape index (κ3) is 8.02.